The third kappa shape index (κ3) is 5.85. The maximum absolute atomic E-state index is 11.4. The van der Waals surface area contributed by atoms with Crippen LogP contribution < -0.4 is 0 Å². The molecule has 0 saturated carbocycles. The van der Waals surface area contributed by atoms with Crippen molar-refractivity contribution in [1.29, 1.82) is 0 Å². The third-order valence-electron chi connectivity index (χ3n) is 3.19. The van der Waals surface area contributed by atoms with Gasteiger partial charge in [-0.3, -0.25) is 4.79 Å². The minimum Gasteiger partial charge on any atom is -0.481 e. The van der Waals surface area contributed by atoms with E-state index in [1.54, 1.807) is 0 Å². The van der Waals surface area contributed by atoms with Crippen molar-refractivity contribution in [1.82, 2.24) is 4.90 Å². The zero-order valence-electron chi connectivity index (χ0n) is 11.5. The predicted molar refractivity (Wildman–Crippen MR) is 75.3 cm³/mol. The van der Waals surface area contributed by atoms with Crippen molar-refractivity contribution >= 4 is 5.97 Å². The largest absolute Gasteiger partial charge is 0.481 e. The Hall–Kier alpha value is -1.39. The van der Waals surface area contributed by atoms with E-state index in [2.05, 4.69) is 0 Å². The molecule has 0 aliphatic carbocycles. The molecular formula is C15H23NO3. The number of carboxylic acids is 1. The maximum Gasteiger partial charge on any atom is 0.312 e. The summed E-state index contributed by atoms with van der Waals surface area (Å²) in [6.07, 6.45) is 2.77. The summed E-state index contributed by atoms with van der Waals surface area (Å²) in [5.74, 6) is -1.27. The van der Waals surface area contributed by atoms with Gasteiger partial charge >= 0.3 is 5.97 Å². The average molecular weight is 265 g/mol. The van der Waals surface area contributed by atoms with Crippen molar-refractivity contribution in [2.45, 2.75) is 25.2 Å². The van der Waals surface area contributed by atoms with Gasteiger partial charge in [-0.1, -0.05) is 30.3 Å². The zero-order chi connectivity index (χ0) is 14.1. The van der Waals surface area contributed by atoms with Crippen molar-refractivity contribution in [3.8, 4) is 0 Å². The van der Waals surface area contributed by atoms with Crippen LogP contribution in [0.3, 0.4) is 0 Å². The van der Waals surface area contributed by atoms with Gasteiger partial charge in [-0.15, -0.1) is 0 Å². The molecule has 0 spiro atoms. The lowest BCUT2D eigenvalue weighted by molar-refractivity contribution is -0.139. The first-order chi connectivity index (χ1) is 9.15. The van der Waals surface area contributed by atoms with E-state index in [9.17, 15) is 9.90 Å². The number of nitrogens with zero attached hydrogens (tertiary/aromatic N) is 1. The summed E-state index contributed by atoms with van der Waals surface area (Å²) in [7, 11) is 1.94. The van der Waals surface area contributed by atoms with E-state index in [1.165, 1.54) is 0 Å². The number of carbonyl (C=O) groups is 1. The second kappa shape index (κ2) is 8.67. The highest BCUT2D eigenvalue weighted by Crippen LogP contribution is 2.17. The molecule has 2 N–H and O–H groups in total. The van der Waals surface area contributed by atoms with Crippen LogP contribution in [0, 0.1) is 0 Å². The van der Waals surface area contributed by atoms with E-state index < -0.39 is 11.9 Å². The number of likely N-dealkylation sites (N-methyl/N-ethyl adjacent to an activating group) is 1. The number of carboxylic acid groups (broad SMARTS) is 1. The number of hydrogen-bond acceptors (Lipinski definition) is 3. The topological polar surface area (TPSA) is 60.8 Å². The van der Waals surface area contributed by atoms with Gasteiger partial charge < -0.3 is 15.1 Å². The fourth-order valence-corrected chi connectivity index (χ4v) is 2.08. The Kier molecular flexibility index (Phi) is 7.15. The van der Waals surface area contributed by atoms with E-state index in [4.69, 9.17) is 5.11 Å². The number of hydrogen-bond donors (Lipinski definition) is 2. The molecule has 0 aromatic heterocycles. The molecule has 0 bridgehead atoms. The van der Waals surface area contributed by atoms with Crippen LogP contribution in [0.25, 0.3) is 0 Å². The summed E-state index contributed by atoms with van der Waals surface area (Å²) in [5.41, 5.74) is 0.845. The number of aliphatic carboxylic acids is 1. The molecule has 0 saturated heterocycles. The molecule has 1 aromatic rings. The molecule has 4 heteroatoms. The number of aliphatic hydroxyl groups excluding tert-OH is 1. The Morgan fingerprint density at radius 1 is 1.21 bits per heavy atom. The first kappa shape index (κ1) is 15.7. The monoisotopic (exact) mass is 265 g/mol. The Morgan fingerprint density at radius 3 is 2.47 bits per heavy atom. The Balaban J connectivity index is 2.48. The van der Waals surface area contributed by atoms with Crippen LogP contribution in [0.2, 0.25) is 0 Å². The van der Waals surface area contributed by atoms with Crippen molar-refractivity contribution in [2.24, 2.45) is 0 Å². The molecular weight excluding hydrogens is 242 g/mol. The Bertz CT molecular complexity index is 367. The third-order valence-corrected chi connectivity index (χ3v) is 3.19. The lowest BCUT2D eigenvalue weighted by Crippen LogP contribution is -2.29. The van der Waals surface area contributed by atoms with E-state index in [1.807, 2.05) is 42.3 Å². The van der Waals surface area contributed by atoms with Gasteiger partial charge in [0.1, 0.15) is 0 Å². The highest BCUT2D eigenvalue weighted by Gasteiger charge is 2.21. The number of unbranched alkanes of at least 4 members (excludes halogenated alkanes) is 2. The molecule has 106 valence electrons. The highest BCUT2D eigenvalue weighted by molar-refractivity contribution is 5.76. The highest BCUT2D eigenvalue weighted by atomic mass is 16.4. The van der Waals surface area contributed by atoms with Crippen LogP contribution >= 0.6 is 0 Å². The lowest BCUT2D eigenvalue weighted by atomic mass is 9.99. The van der Waals surface area contributed by atoms with Gasteiger partial charge in [0.2, 0.25) is 0 Å². The zero-order valence-corrected chi connectivity index (χ0v) is 11.5. The summed E-state index contributed by atoms with van der Waals surface area (Å²) in [5, 5.41) is 18.0. The SMILES string of the molecule is CN(CCCCCO)CC(C(=O)O)c1ccccc1. The van der Waals surface area contributed by atoms with Gasteiger partial charge in [0.25, 0.3) is 0 Å². The maximum atomic E-state index is 11.4. The van der Waals surface area contributed by atoms with Gasteiger partial charge in [0.15, 0.2) is 0 Å². The molecule has 1 unspecified atom stereocenters. The summed E-state index contributed by atoms with van der Waals surface area (Å²) in [6, 6.07) is 9.34. The molecule has 0 heterocycles. The van der Waals surface area contributed by atoms with E-state index in [0.29, 0.717) is 6.54 Å². The minimum atomic E-state index is -0.784. The minimum absolute atomic E-state index is 0.228. The second-order valence-electron chi connectivity index (χ2n) is 4.85. The molecule has 4 nitrogen and oxygen atoms in total. The number of rotatable bonds is 9. The Morgan fingerprint density at radius 2 is 1.89 bits per heavy atom. The van der Waals surface area contributed by atoms with E-state index in [0.717, 1.165) is 31.4 Å². The fraction of sp³-hybridized carbons (Fsp3) is 0.533. The number of benzene rings is 1. The summed E-state index contributed by atoms with van der Waals surface area (Å²) >= 11 is 0. The lowest BCUT2D eigenvalue weighted by Gasteiger charge is -2.21. The predicted octanol–water partition coefficient (Wildman–Crippen LogP) is 1.95. The van der Waals surface area contributed by atoms with E-state index in [-0.39, 0.29) is 6.61 Å². The van der Waals surface area contributed by atoms with Gasteiger partial charge in [0, 0.05) is 13.2 Å². The van der Waals surface area contributed by atoms with Crippen LogP contribution in [-0.2, 0) is 4.79 Å². The quantitative estimate of drug-likeness (QED) is 0.670. The Labute approximate surface area is 114 Å². The van der Waals surface area contributed by atoms with Crippen molar-refractivity contribution < 1.29 is 15.0 Å². The first-order valence-corrected chi connectivity index (χ1v) is 6.72. The summed E-state index contributed by atoms with van der Waals surface area (Å²) in [4.78, 5) is 13.4. The fourth-order valence-electron chi connectivity index (χ4n) is 2.08. The van der Waals surface area contributed by atoms with Crippen LogP contribution in [0.5, 0.6) is 0 Å². The van der Waals surface area contributed by atoms with Crippen molar-refractivity contribution in [2.75, 3.05) is 26.7 Å². The summed E-state index contributed by atoms with van der Waals surface area (Å²) < 4.78 is 0. The second-order valence-corrected chi connectivity index (χ2v) is 4.85. The van der Waals surface area contributed by atoms with Crippen molar-refractivity contribution in [3.05, 3.63) is 35.9 Å². The van der Waals surface area contributed by atoms with Crippen molar-refractivity contribution in [3.63, 3.8) is 0 Å². The molecule has 19 heavy (non-hydrogen) atoms. The smallest absolute Gasteiger partial charge is 0.312 e. The van der Waals surface area contributed by atoms with E-state index >= 15 is 0 Å². The normalized spacial score (nSPS) is 12.6. The van der Waals surface area contributed by atoms with Crippen LogP contribution in [-0.4, -0.2) is 47.8 Å². The molecule has 1 atom stereocenters. The molecule has 0 amide bonds. The molecule has 0 aliphatic heterocycles. The first-order valence-electron chi connectivity index (χ1n) is 6.72. The molecule has 0 fully saturated rings. The van der Waals surface area contributed by atoms with Gasteiger partial charge in [-0.2, -0.15) is 0 Å². The van der Waals surface area contributed by atoms with Crippen LogP contribution in [0.4, 0.5) is 0 Å². The standard InChI is InChI=1S/C15H23NO3/c1-16(10-6-3-7-11-17)12-14(15(18)19)13-8-4-2-5-9-13/h2,4-5,8-9,14,17H,3,6-7,10-12H2,1H3,(H,18,19). The van der Waals surface area contributed by atoms with Gasteiger partial charge in [0.05, 0.1) is 5.92 Å². The molecule has 0 radical (unpaired) electrons. The molecule has 1 rings (SSSR count). The number of aliphatic hydroxyl groups is 1. The van der Waals surface area contributed by atoms with Gasteiger partial charge in [-0.25, -0.2) is 0 Å². The average Bonchev–Trinajstić information content (AvgIpc) is 2.41. The summed E-state index contributed by atoms with van der Waals surface area (Å²) in [6.45, 7) is 1.60. The molecule has 0 aliphatic rings. The van der Waals surface area contributed by atoms with Gasteiger partial charge in [-0.05, 0) is 38.4 Å². The van der Waals surface area contributed by atoms with Crippen LogP contribution in [0.15, 0.2) is 30.3 Å². The molecule has 1 aromatic carbocycles. The van der Waals surface area contributed by atoms with Crippen LogP contribution in [0.1, 0.15) is 30.7 Å².